The van der Waals surface area contributed by atoms with E-state index in [1.807, 2.05) is 20.9 Å². The Balaban J connectivity index is 0. The van der Waals surface area contributed by atoms with Crippen LogP contribution in [0.4, 0.5) is 0 Å². The van der Waals surface area contributed by atoms with Crippen LogP contribution < -0.4 is 16.0 Å². The van der Waals surface area contributed by atoms with Crippen LogP contribution >= 0.6 is 0 Å². The van der Waals surface area contributed by atoms with Gasteiger partial charge < -0.3 is 16.0 Å². The minimum Gasteiger partial charge on any atom is -0.348 e. The quantitative estimate of drug-likeness (QED) is 0.533. The Labute approximate surface area is 111 Å². The molecule has 0 fully saturated rings. The van der Waals surface area contributed by atoms with Crippen LogP contribution in [-0.2, 0) is 9.59 Å². The van der Waals surface area contributed by atoms with Crippen LogP contribution in [0.15, 0.2) is 0 Å². The second-order valence-electron chi connectivity index (χ2n) is 3.86. The van der Waals surface area contributed by atoms with Gasteiger partial charge in [0.15, 0.2) is 0 Å². The molecule has 0 rings (SSSR count). The molecule has 1 amide bonds. The van der Waals surface area contributed by atoms with Crippen molar-refractivity contribution in [3.63, 3.8) is 0 Å². The van der Waals surface area contributed by atoms with Crippen molar-refractivity contribution in [1.29, 1.82) is 0 Å². The van der Waals surface area contributed by atoms with E-state index in [0.29, 0.717) is 0 Å². The number of ketones is 1. The van der Waals surface area contributed by atoms with Gasteiger partial charge in [-0.2, -0.15) is 0 Å². The molecule has 0 aromatic carbocycles. The normalized spacial score (nSPS) is 11.2. The molecule has 0 saturated carbocycles. The predicted molar refractivity (Wildman–Crippen MR) is 75.7 cm³/mol. The first-order valence-electron chi connectivity index (χ1n) is 6.70. The maximum atomic E-state index is 11.6. The fourth-order valence-corrected chi connectivity index (χ4v) is 1.39. The molecular formula is C13H29N3O2. The summed E-state index contributed by atoms with van der Waals surface area (Å²) in [7, 11) is 3.67. The third-order valence-electron chi connectivity index (χ3n) is 2.35. The molecule has 18 heavy (non-hydrogen) atoms. The Hall–Kier alpha value is -0.940. The molecule has 0 saturated heterocycles. The van der Waals surface area contributed by atoms with Crippen molar-refractivity contribution in [3.05, 3.63) is 0 Å². The molecule has 0 heterocycles. The highest BCUT2D eigenvalue weighted by molar-refractivity contribution is 5.87. The van der Waals surface area contributed by atoms with E-state index in [2.05, 4.69) is 16.0 Å². The van der Waals surface area contributed by atoms with E-state index in [0.717, 1.165) is 25.8 Å². The van der Waals surface area contributed by atoms with Crippen molar-refractivity contribution in [3.8, 4) is 0 Å². The summed E-state index contributed by atoms with van der Waals surface area (Å²) < 4.78 is 0. The summed E-state index contributed by atoms with van der Waals surface area (Å²) in [5, 5.41) is 8.63. The lowest BCUT2D eigenvalue weighted by Gasteiger charge is -2.15. The van der Waals surface area contributed by atoms with Gasteiger partial charge in [0.2, 0.25) is 5.91 Å². The van der Waals surface area contributed by atoms with Gasteiger partial charge in [0.25, 0.3) is 0 Å². The highest BCUT2D eigenvalue weighted by Gasteiger charge is 2.15. The number of carbonyl (C=O) groups excluding carboxylic acids is 2. The molecule has 0 aliphatic rings. The van der Waals surface area contributed by atoms with E-state index in [4.69, 9.17) is 0 Å². The average Bonchev–Trinajstić information content (AvgIpc) is 2.38. The molecule has 0 bridgehead atoms. The number of hydrogen-bond donors (Lipinski definition) is 3. The molecule has 1 atom stereocenters. The molecule has 0 radical (unpaired) electrons. The van der Waals surface area contributed by atoms with Crippen LogP contribution in [-0.4, -0.2) is 44.9 Å². The van der Waals surface area contributed by atoms with Crippen LogP contribution in [0.1, 0.15) is 40.0 Å². The fourth-order valence-electron chi connectivity index (χ4n) is 1.39. The highest BCUT2D eigenvalue weighted by Crippen LogP contribution is 2.00. The molecule has 0 spiro atoms. The van der Waals surface area contributed by atoms with Gasteiger partial charge in [-0.15, -0.1) is 0 Å². The zero-order valence-electron chi connectivity index (χ0n) is 12.4. The largest absolute Gasteiger partial charge is 0.348 e. The minimum absolute atomic E-state index is 0.0293. The summed E-state index contributed by atoms with van der Waals surface area (Å²) in [6.07, 6.45) is 2.83. The number of likely N-dealkylation sites (N-methyl/N-ethyl adjacent to an activating group) is 1. The van der Waals surface area contributed by atoms with Crippen molar-refractivity contribution < 1.29 is 9.59 Å². The fraction of sp³-hybridized carbons (Fsp3) is 0.846. The van der Waals surface area contributed by atoms with Crippen LogP contribution in [0.2, 0.25) is 0 Å². The number of unbranched alkanes of at least 4 members (excludes halogenated alkanes) is 1. The summed E-state index contributed by atoms with van der Waals surface area (Å²) >= 11 is 0. The number of amides is 1. The molecule has 3 N–H and O–H groups in total. The van der Waals surface area contributed by atoms with E-state index in [1.54, 1.807) is 7.05 Å². The van der Waals surface area contributed by atoms with Gasteiger partial charge in [-0.05, 0) is 40.4 Å². The molecule has 0 aliphatic carbocycles. The number of rotatable bonds is 9. The van der Waals surface area contributed by atoms with E-state index in [9.17, 15) is 9.59 Å². The van der Waals surface area contributed by atoms with Crippen LogP contribution in [0.5, 0.6) is 0 Å². The maximum Gasteiger partial charge on any atom is 0.237 e. The Morgan fingerprint density at radius 1 is 1.11 bits per heavy atom. The third-order valence-corrected chi connectivity index (χ3v) is 2.35. The Kier molecular flexibility index (Phi) is 15.2. The summed E-state index contributed by atoms with van der Waals surface area (Å²) in [6, 6.07) is -0.198. The summed E-state index contributed by atoms with van der Waals surface area (Å²) in [5.41, 5.74) is 0. The van der Waals surface area contributed by atoms with Gasteiger partial charge in [-0.1, -0.05) is 20.3 Å². The zero-order chi connectivity index (χ0) is 14.4. The standard InChI is InChI=1S/C11H23N3O2.C2H6/c1-9(15)8-14-11(16)10(13-3)6-4-5-7-12-2;1-2/h10,12-13H,4-8H2,1-3H3,(H,14,16);1-2H3. The number of nitrogens with one attached hydrogen (secondary N) is 3. The second-order valence-corrected chi connectivity index (χ2v) is 3.86. The van der Waals surface area contributed by atoms with Crippen LogP contribution in [0.25, 0.3) is 0 Å². The molecule has 5 nitrogen and oxygen atoms in total. The number of hydrogen-bond acceptors (Lipinski definition) is 4. The number of carbonyl (C=O) groups is 2. The molecule has 108 valence electrons. The smallest absolute Gasteiger partial charge is 0.237 e. The van der Waals surface area contributed by atoms with Crippen LogP contribution in [0.3, 0.4) is 0 Å². The maximum absolute atomic E-state index is 11.6. The Morgan fingerprint density at radius 3 is 2.17 bits per heavy atom. The molecule has 1 unspecified atom stereocenters. The van der Waals surface area contributed by atoms with Crippen molar-refractivity contribution in [2.24, 2.45) is 0 Å². The first kappa shape index (κ1) is 19.4. The van der Waals surface area contributed by atoms with E-state index >= 15 is 0 Å². The first-order valence-corrected chi connectivity index (χ1v) is 6.70. The van der Waals surface area contributed by atoms with Gasteiger partial charge in [0.05, 0.1) is 12.6 Å². The molecule has 0 aromatic heterocycles. The van der Waals surface area contributed by atoms with Gasteiger partial charge in [-0.3, -0.25) is 9.59 Å². The lowest BCUT2D eigenvalue weighted by atomic mass is 10.1. The highest BCUT2D eigenvalue weighted by atomic mass is 16.2. The second kappa shape index (κ2) is 14.1. The molecular weight excluding hydrogens is 230 g/mol. The Bertz CT molecular complexity index is 220. The zero-order valence-corrected chi connectivity index (χ0v) is 12.4. The average molecular weight is 259 g/mol. The monoisotopic (exact) mass is 259 g/mol. The molecule has 0 aromatic rings. The molecule has 5 heteroatoms. The third kappa shape index (κ3) is 11.5. The van der Waals surface area contributed by atoms with Gasteiger partial charge in [-0.25, -0.2) is 0 Å². The SMILES string of the molecule is CC.CNCCCCC(NC)C(=O)NCC(C)=O. The van der Waals surface area contributed by atoms with Crippen molar-refractivity contribution in [1.82, 2.24) is 16.0 Å². The van der Waals surface area contributed by atoms with Gasteiger partial charge in [0, 0.05) is 0 Å². The summed E-state index contributed by atoms with van der Waals surface area (Å²) in [4.78, 5) is 22.3. The van der Waals surface area contributed by atoms with Crippen molar-refractivity contribution >= 4 is 11.7 Å². The molecule has 0 aliphatic heterocycles. The van der Waals surface area contributed by atoms with Gasteiger partial charge in [0.1, 0.15) is 5.78 Å². The van der Waals surface area contributed by atoms with E-state index < -0.39 is 0 Å². The van der Waals surface area contributed by atoms with Crippen LogP contribution in [0, 0.1) is 0 Å². The topological polar surface area (TPSA) is 70.2 Å². The summed E-state index contributed by atoms with van der Waals surface area (Å²) in [6.45, 7) is 6.54. The van der Waals surface area contributed by atoms with Crippen molar-refractivity contribution in [2.45, 2.75) is 46.1 Å². The Morgan fingerprint density at radius 2 is 1.72 bits per heavy atom. The predicted octanol–water partition coefficient (Wildman–Crippen LogP) is 0.696. The van der Waals surface area contributed by atoms with E-state index in [1.165, 1.54) is 6.92 Å². The van der Waals surface area contributed by atoms with Gasteiger partial charge >= 0.3 is 0 Å². The number of Topliss-reactive ketones (excluding diaryl/α,β-unsaturated/α-hetero) is 1. The van der Waals surface area contributed by atoms with Crippen molar-refractivity contribution in [2.75, 3.05) is 27.2 Å². The van der Waals surface area contributed by atoms with E-state index in [-0.39, 0.29) is 24.3 Å². The first-order chi connectivity index (χ1) is 8.61. The lowest BCUT2D eigenvalue weighted by molar-refractivity contribution is -0.126. The minimum atomic E-state index is -0.198. The lowest BCUT2D eigenvalue weighted by Crippen LogP contribution is -2.44. The summed E-state index contributed by atoms with van der Waals surface area (Å²) in [5.74, 6) is -0.124.